The molecular formula is C47H51NO14. The molecule has 3 aromatic rings. The molecule has 1 saturated heterocycles. The molecule has 0 aromatic heterocycles. The fraction of sp³-hybridized carbons (Fsp3) is 0.447. The van der Waals surface area contributed by atoms with Crippen LogP contribution in [0.1, 0.15) is 86.7 Å². The Kier molecular flexibility index (Phi) is 11.8. The summed E-state index contributed by atoms with van der Waals surface area (Å²) in [5, 5.41) is 40.2. The van der Waals surface area contributed by atoms with Crippen LogP contribution in [-0.4, -0.2) is 105 Å². The van der Waals surface area contributed by atoms with Crippen LogP contribution in [0.3, 0.4) is 0 Å². The van der Waals surface area contributed by atoms with Gasteiger partial charge in [-0.25, -0.2) is 9.59 Å². The van der Waals surface area contributed by atoms with Gasteiger partial charge in [-0.1, -0.05) is 80.6 Å². The number of benzene rings is 3. The fourth-order valence-corrected chi connectivity index (χ4v) is 10.2. The van der Waals surface area contributed by atoms with Gasteiger partial charge in [-0.3, -0.25) is 19.2 Å². The molecule has 3 aromatic carbocycles. The predicted molar refractivity (Wildman–Crippen MR) is 218 cm³/mol. The van der Waals surface area contributed by atoms with Crippen LogP contribution < -0.4 is 5.32 Å². The standard InChI is InChI=1S/C47H51NO14/c1-25-31(60-43(56)36(52)35(28-16-10-7-11-17-28)48-41(54)29-18-12-8-13-19-29)23-47(57)40(61-42(55)30-20-14-9-15-21-30)38-45(6,32(51)22-33-46(38,24-58-33)62-27(3)50)39(53)37(59-26(2)49)34(25)44(47,4)5/h7-21,31-33,35-38,40,51-52,57H,22-24H2,1-6H3,(H,48,54)/t31-,32+,33+,35-,36-,37+,38+,40-,45-,46+,47-/m0/s1. The third kappa shape index (κ3) is 7.29. The van der Waals surface area contributed by atoms with Gasteiger partial charge in [0, 0.05) is 37.7 Å². The lowest BCUT2D eigenvalue weighted by Crippen LogP contribution is -2.82. The number of esters is 4. The third-order valence-corrected chi connectivity index (χ3v) is 13.5. The van der Waals surface area contributed by atoms with E-state index >= 15 is 4.79 Å². The first-order valence-corrected chi connectivity index (χ1v) is 20.5. The Bertz CT molecular complexity index is 2280. The van der Waals surface area contributed by atoms with E-state index in [0.717, 1.165) is 13.8 Å². The van der Waals surface area contributed by atoms with Crippen LogP contribution in [-0.2, 0) is 42.9 Å². The Balaban J connectivity index is 1.39. The van der Waals surface area contributed by atoms with E-state index < -0.39 is 113 Å². The minimum Gasteiger partial charge on any atom is -0.456 e. The molecule has 11 atom stereocenters. The van der Waals surface area contributed by atoms with Gasteiger partial charge in [-0.05, 0) is 54.8 Å². The van der Waals surface area contributed by atoms with E-state index in [2.05, 4.69) is 5.32 Å². The molecule has 0 radical (unpaired) electrons. The lowest BCUT2D eigenvalue weighted by Gasteiger charge is -2.67. The van der Waals surface area contributed by atoms with Crippen LogP contribution in [0, 0.1) is 16.7 Å². The Labute approximate surface area is 358 Å². The smallest absolute Gasteiger partial charge is 0.338 e. The highest BCUT2D eigenvalue weighted by Gasteiger charge is 2.78. The van der Waals surface area contributed by atoms with Gasteiger partial charge in [0.05, 0.1) is 35.6 Å². The van der Waals surface area contributed by atoms with Gasteiger partial charge in [-0.15, -0.1) is 0 Å². The summed E-state index contributed by atoms with van der Waals surface area (Å²) in [6.07, 6.45) is -10.5. The highest BCUT2D eigenvalue weighted by atomic mass is 16.6. The normalized spacial score (nSPS) is 31.9. The summed E-state index contributed by atoms with van der Waals surface area (Å²) in [5.41, 5.74) is -7.02. The number of fused-ring (bicyclic) bond motifs is 5. The van der Waals surface area contributed by atoms with Crippen molar-refractivity contribution in [1.82, 2.24) is 5.32 Å². The second-order valence-electron chi connectivity index (χ2n) is 17.4. The van der Waals surface area contributed by atoms with E-state index in [4.69, 9.17) is 23.7 Å². The Morgan fingerprint density at radius 3 is 1.95 bits per heavy atom. The number of amides is 1. The lowest BCUT2D eigenvalue weighted by atomic mass is 9.44. The summed E-state index contributed by atoms with van der Waals surface area (Å²) in [6, 6.07) is 22.9. The number of aliphatic hydroxyl groups is 3. The van der Waals surface area contributed by atoms with Gasteiger partial charge in [0.2, 0.25) is 0 Å². The van der Waals surface area contributed by atoms with Gasteiger partial charge in [0.15, 0.2) is 23.6 Å². The molecule has 328 valence electrons. The van der Waals surface area contributed by atoms with Crippen molar-refractivity contribution in [3.05, 3.63) is 119 Å². The van der Waals surface area contributed by atoms with E-state index in [1.54, 1.807) is 92.7 Å². The van der Waals surface area contributed by atoms with E-state index in [0.29, 0.717) is 5.56 Å². The minimum atomic E-state index is -2.39. The van der Waals surface area contributed by atoms with Crippen molar-refractivity contribution < 1.29 is 67.8 Å². The summed E-state index contributed by atoms with van der Waals surface area (Å²) in [6.45, 7) is 7.97. The number of rotatable bonds is 10. The summed E-state index contributed by atoms with van der Waals surface area (Å²) >= 11 is 0. The monoisotopic (exact) mass is 853 g/mol. The molecule has 3 aliphatic carbocycles. The Morgan fingerprint density at radius 2 is 1.40 bits per heavy atom. The summed E-state index contributed by atoms with van der Waals surface area (Å²) in [5.74, 6) is -6.84. The van der Waals surface area contributed by atoms with E-state index in [-0.39, 0.29) is 35.3 Å². The highest BCUT2D eigenvalue weighted by Crippen LogP contribution is 2.64. The molecule has 62 heavy (non-hydrogen) atoms. The zero-order chi connectivity index (χ0) is 44.9. The lowest BCUT2D eigenvalue weighted by molar-refractivity contribution is -0.346. The third-order valence-electron chi connectivity index (χ3n) is 13.5. The highest BCUT2D eigenvalue weighted by molar-refractivity contribution is 5.96. The molecule has 0 unspecified atom stereocenters. The van der Waals surface area contributed by atoms with Crippen LogP contribution in [0.15, 0.2) is 102 Å². The average Bonchev–Trinajstić information content (AvgIpc) is 3.24. The van der Waals surface area contributed by atoms with Gasteiger partial charge in [0.1, 0.15) is 23.9 Å². The zero-order valence-corrected chi connectivity index (χ0v) is 35.2. The summed E-state index contributed by atoms with van der Waals surface area (Å²) in [7, 11) is 0. The van der Waals surface area contributed by atoms with E-state index in [9.17, 15) is 39.3 Å². The quantitative estimate of drug-likeness (QED) is 0.130. The van der Waals surface area contributed by atoms with Gasteiger partial charge in [0.25, 0.3) is 5.91 Å². The second-order valence-corrected chi connectivity index (χ2v) is 17.4. The summed E-state index contributed by atoms with van der Waals surface area (Å²) in [4.78, 5) is 83.5. The molecule has 3 fully saturated rings. The molecule has 2 bridgehead atoms. The van der Waals surface area contributed by atoms with Crippen molar-refractivity contribution in [1.29, 1.82) is 0 Å². The van der Waals surface area contributed by atoms with Crippen molar-refractivity contribution in [3.63, 3.8) is 0 Å². The molecular weight excluding hydrogens is 803 g/mol. The van der Waals surface area contributed by atoms with Crippen molar-refractivity contribution in [2.45, 2.75) is 108 Å². The number of Topliss-reactive ketones (excluding diaryl/α,β-unsaturated/α-hetero) is 1. The van der Waals surface area contributed by atoms with Gasteiger partial charge >= 0.3 is 23.9 Å². The van der Waals surface area contributed by atoms with Crippen LogP contribution >= 0.6 is 0 Å². The maximum Gasteiger partial charge on any atom is 0.338 e. The molecule has 15 nitrogen and oxygen atoms in total. The van der Waals surface area contributed by atoms with Gasteiger partial charge in [-0.2, -0.15) is 0 Å². The van der Waals surface area contributed by atoms with E-state index in [1.807, 2.05) is 0 Å². The number of carbonyl (C=O) groups excluding carboxylic acids is 6. The zero-order valence-electron chi connectivity index (χ0n) is 35.2. The van der Waals surface area contributed by atoms with Gasteiger partial charge < -0.3 is 44.3 Å². The van der Waals surface area contributed by atoms with Crippen molar-refractivity contribution in [2.75, 3.05) is 6.61 Å². The molecule has 1 heterocycles. The molecule has 0 spiro atoms. The number of hydrogen-bond donors (Lipinski definition) is 4. The molecule has 1 aliphatic heterocycles. The van der Waals surface area contributed by atoms with Crippen molar-refractivity contribution in [3.8, 4) is 0 Å². The largest absolute Gasteiger partial charge is 0.456 e. The number of ether oxygens (including phenoxy) is 5. The van der Waals surface area contributed by atoms with E-state index in [1.165, 1.54) is 26.0 Å². The first-order valence-electron chi connectivity index (χ1n) is 20.5. The minimum absolute atomic E-state index is 0.00289. The molecule has 4 N–H and O–H groups in total. The average molecular weight is 854 g/mol. The summed E-state index contributed by atoms with van der Waals surface area (Å²) < 4.78 is 30.3. The topological polar surface area (TPSA) is 221 Å². The first kappa shape index (κ1) is 44.3. The van der Waals surface area contributed by atoms with Crippen LogP contribution in [0.4, 0.5) is 0 Å². The second kappa shape index (κ2) is 16.5. The van der Waals surface area contributed by atoms with Crippen molar-refractivity contribution >= 4 is 35.6 Å². The van der Waals surface area contributed by atoms with Crippen molar-refractivity contribution in [2.24, 2.45) is 16.7 Å². The molecule has 2 saturated carbocycles. The van der Waals surface area contributed by atoms with Crippen LogP contribution in [0.5, 0.6) is 0 Å². The number of nitrogens with one attached hydrogen (secondary N) is 1. The molecule has 7 rings (SSSR count). The van der Waals surface area contributed by atoms with Crippen LogP contribution in [0.25, 0.3) is 0 Å². The molecule has 4 aliphatic rings. The Morgan fingerprint density at radius 1 is 0.823 bits per heavy atom. The Hall–Kier alpha value is -5.74. The SMILES string of the molecule is CC(=O)O[C@H]1C(=O)[C@@]2(C)[C@H](O)C[C@H]3OC[C@]3(OC(C)=O)[C@@H]2[C@H](OC(=O)c2ccccc2)[C@@]2(O)C[C@H](OC(=O)[C@@H](O)[C@@H](NC(=O)c3ccccc3)c3ccccc3)C(C)=C1C2(C)C. The maximum atomic E-state index is 15.5. The first-order chi connectivity index (χ1) is 29.3. The number of ketones is 1. The number of aliphatic hydroxyl groups excluding tert-OH is 2. The molecule has 15 heteroatoms. The maximum absolute atomic E-state index is 15.5. The molecule has 1 amide bonds. The number of carbonyl (C=O) groups is 6. The van der Waals surface area contributed by atoms with Crippen LogP contribution in [0.2, 0.25) is 0 Å². The number of hydrogen-bond acceptors (Lipinski definition) is 14. The predicted octanol–water partition coefficient (Wildman–Crippen LogP) is 3.74. The fourth-order valence-electron chi connectivity index (χ4n) is 10.2.